The maximum atomic E-state index is 8.34. The summed E-state index contributed by atoms with van der Waals surface area (Å²) in [6.45, 7) is 5.82. The molecule has 0 heterocycles. The van der Waals surface area contributed by atoms with E-state index in [0.717, 1.165) is 16.8 Å². The first-order valence-corrected chi connectivity index (χ1v) is 4.44. The topological polar surface area (TPSA) is 45.0 Å². The number of aryl methyl sites for hydroxylation is 2. The van der Waals surface area contributed by atoms with Crippen molar-refractivity contribution in [3.8, 4) is 0 Å². The summed E-state index contributed by atoms with van der Waals surface area (Å²) in [6, 6.07) is 6.02. The summed E-state index contributed by atoms with van der Waals surface area (Å²) in [5.41, 5.74) is 3.88. The zero-order valence-corrected chi connectivity index (χ0v) is 8.65. The SMILES string of the molecule is CC(/C=N/O)=Nc1c(C)cccc1C. The van der Waals surface area contributed by atoms with E-state index >= 15 is 0 Å². The van der Waals surface area contributed by atoms with Gasteiger partial charge in [-0.25, -0.2) is 0 Å². The molecule has 0 bridgehead atoms. The minimum atomic E-state index is 0.685. The average molecular weight is 190 g/mol. The summed E-state index contributed by atoms with van der Waals surface area (Å²) in [5.74, 6) is 0. The van der Waals surface area contributed by atoms with Crippen molar-refractivity contribution in [2.75, 3.05) is 0 Å². The van der Waals surface area contributed by atoms with Gasteiger partial charge in [0.15, 0.2) is 0 Å². The summed E-state index contributed by atoms with van der Waals surface area (Å²) in [7, 11) is 0. The Morgan fingerprint density at radius 2 is 1.86 bits per heavy atom. The smallest absolute Gasteiger partial charge is 0.0873 e. The number of benzene rings is 1. The molecule has 0 saturated heterocycles. The van der Waals surface area contributed by atoms with Crippen LogP contribution >= 0.6 is 0 Å². The molecule has 14 heavy (non-hydrogen) atoms. The van der Waals surface area contributed by atoms with Crippen LogP contribution in [0, 0.1) is 13.8 Å². The third-order valence-electron chi connectivity index (χ3n) is 1.97. The van der Waals surface area contributed by atoms with E-state index in [1.165, 1.54) is 6.21 Å². The van der Waals surface area contributed by atoms with Gasteiger partial charge in [-0.1, -0.05) is 23.4 Å². The Balaban J connectivity index is 3.13. The molecule has 3 heteroatoms. The standard InChI is InChI=1S/C11H14N2O/c1-8-5-4-6-9(2)11(8)13-10(3)7-12-14/h4-7,14H,1-3H3/b12-7+,13-10?. The molecule has 0 atom stereocenters. The maximum absolute atomic E-state index is 8.34. The van der Waals surface area contributed by atoms with Gasteiger partial charge >= 0.3 is 0 Å². The predicted octanol–water partition coefficient (Wildman–Crippen LogP) is 2.86. The van der Waals surface area contributed by atoms with Crippen LogP contribution in [-0.4, -0.2) is 17.1 Å². The van der Waals surface area contributed by atoms with Gasteiger partial charge in [-0.3, -0.25) is 4.99 Å². The fourth-order valence-electron chi connectivity index (χ4n) is 1.27. The van der Waals surface area contributed by atoms with E-state index < -0.39 is 0 Å². The van der Waals surface area contributed by atoms with Gasteiger partial charge in [-0.2, -0.15) is 0 Å². The van der Waals surface area contributed by atoms with Gasteiger partial charge in [0.2, 0.25) is 0 Å². The second kappa shape index (κ2) is 4.56. The molecule has 1 aromatic carbocycles. The fraction of sp³-hybridized carbons (Fsp3) is 0.273. The largest absolute Gasteiger partial charge is 0.411 e. The highest BCUT2D eigenvalue weighted by molar-refractivity contribution is 6.30. The Morgan fingerprint density at radius 3 is 2.36 bits per heavy atom. The lowest BCUT2D eigenvalue weighted by Crippen LogP contribution is -1.92. The number of hydrogen-bond donors (Lipinski definition) is 1. The summed E-state index contributed by atoms with van der Waals surface area (Å²) >= 11 is 0. The Labute approximate surface area is 83.8 Å². The lowest BCUT2D eigenvalue weighted by atomic mass is 10.1. The predicted molar refractivity (Wildman–Crippen MR) is 59.0 cm³/mol. The molecule has 0 aromatic heterocycles. The first kappa shape index (κ1) is 10.4. The summed E-state index contributed by atoms with van der Waals surface area (Å²) in [5, 5.41) is 11.3. The highest BCUT2D eigenvalue weighted by atomic mass is 16.4. The van der Waals surface area contributed by atoms with Crippen LogP contribution in [0.4, 0.5) is 5.69 Å². The van der Waals surface area contributed by atoms with Gasteiger partial charge in [-0.15, -0.1) is 0 Å². The molecule has 1 N–H and O–H groups in total. The molecular weight excluding hydrogens is 176 g/mol. The molecule has 0 spiro atoms. The fourth-order valence-corrected chi connectivity index (χ4v) is 1.27. The van der Waals surface area contributed by atoms with Crippen molar-refractivity contribution >= 4 is 17.6 Å². The van der Waals surface area contributed by atoms with E-state index in [2.05, 4.69) is 10.1 Å². The zero-order valence-electron chi connectivity index (χ0n) is 8.65. The number of rotatable bonds is 2. The van der Waals surface area contributed by atoms with Crippen molar-refractivity contribution in [3.63, 3.8) is 0 Å². The molecule has 0 unspecified atom stereocenters. The summed E-state index contributed by atoms with van der Waals surface area (Å²) in [4.78, 5) is 4.36. The molecule has 74 valence electrons. The van der Waals surface area contributed by atoms with Crippen LogP contribution < -0.4 is 0 Å². The van der Waals surface area contributed by atoms with Crippen LogP contribution in [0.5, 0.6) is 0 Å². The van der Waals surface area contributed by atoms with Gasteiger partial charge in [0.1, 0.15) is 0 Å². The Morgan fingerprint density at radius 1 is 1.29 bits per heavy atom. The minimum Gasteiger partial charge on any atom is -0.411 e. The number of nitrogens with zero attached hydrogens (tertiary/aromatic N) is 2. The molecule has 1 rings (SSSR count). The average Bonchev–Trinajstić information content (AvgIpc) is 2.12. The molecular formula is C11H14N2O. The molecule has 0 fully saturated rings. The van der Waals surface area contributed by atoms with E-state index in [1.54, 1.807) is 6.92 Å². The van der Waals surface area contributed by atoms with Crippen LogP contribution in [0.3, 0.4) is 0 Å². The lowest BCUT2D eigenvalue weighted by Gasteiger charge is -2.03. The maximum Gasteiger partial charge on any atom is 0.0873 e. The molecule has 0 aliphatic rings. The van der Waals surface area contributed by atoms with Gasteiger partial charge in [0.05, 0.1) is 17.6 Å². The third kappa shape index (κ3) is 2.42. The molecule has 0 amide bonds. The lowest BCUT2D eigenvalue weighted by molar-refractivity contribution is 0.322. The van der Waals surface area contributed by atoms with Crippen molar-refractivity contribution in [2.24, 2.45) is 10.1 Å². The van der Waals surface area contributed by atoms with E-state index in [9.17, 15) is 0 Å². The normalized spacial score (nSPS) is 12.4. The summed E-state index contributed by atoms with van der Waals surface area (Å²) in [6.07, 6.45) is 1.33. The quantitative estimate of drug-likeness (QED) is 0.435. The van der Waals surface area contributed by atoms with Gasteiger partial charge in [0.25, 0.3) is 0 Å². The van der Waals surface area contributed by atoms with Crippen molar-refractivity contribution in [1.82, 2.24) is 0 Å². The summed E-state index contributed by atoms with van der Waals surface area (Å²) < 4.78 is 0. The second-order valence-electron chi connectivity index (χ2n) is 3.24. The Kier molecular flexibility index (Phi) is 3.40. The molecule has 0 aliphatic carbocycles. The first-order chi connectivity index (χ1) is 6.65. The molecule has 3 nitrogen and oxygen atoms in total. The van der Waals surface area contributed by atoms with Gasteiger partial charge < -0.3 is 5.21 Å². The molecule has 0 aliphatic heterocycles. The highest BCUT2D eigenvalue weighted by Gasteiger charge is 1.99. The van der Waals surface area contributed by atoms with Crippen LogP contribution in [0.25, 0.3) is 0 Å². The highest BCUT2D eigenvalue weighted by Crippen LogP contribution is 2.22. The molecule has 0 radical (unpaired) electrons. The van der Waals surface area contributed by atoms with Crippen LogP contribution in [0.2, 0.25) is 0 Å². The van der Waals surface area contributed by atoms with E-state index in [-0.39, 0.29) is 0 Å². The Hall–Kier alpha value is -1.64. The van der Waals surface area contributed by atoms with E-state index in [4.69, 9.17) is 5.21 Å². The van der Waals surface area contributed by atoms with Crippen LogP contribution in [0.1, 0.15) is 18.1 Å². The number of oxime groups is 1. The zero-order chi connectivity index (χ0) is 10.6. The number of hydrogen-bond acceptors (Lipinski definition) is 3. The van der Waals surface area contributed by atoms with E-state index in [0.29, 0.717) is 5.71 Å². The van der Waals surface area contributed by atoms with Crippen molar-refractivity contribution in [2.45, 2.75) is 20.8 Å². The molecule has 1 aromatic rings. The first-order valence-electron chi connectivity index (χ1n) is 4.44. The van der Waals surface area contributed by atoms with Gasteiger partial charge in [-0.05, 0) is 31.9 Å². The number of aliphatic imine (C=N–C) groups is 1. The number of para-hydroxylation sites is 1. The minimum absolute atomic E-state index is 0.685. The van der Waals surface area contributed by atoms with Crippen LogP contribution in [-0.2, 0) is 0 Å². The third-order valence-corrected chi connectivity index (χ3v) is 1.97. The van der Waals surface area contributed by atoms with Crippen molar-refractivity contribution in [1.29, 1.82) is 0 Å². The molecule has 0 saturated carbocycles. The Bertz CT molecular complexity index is 361. The van der Waals surface area contributed by atoms with Crippen molar-refractivity contribution in [3.05, 3.63) is 29.3 Å². The van der Waals surface area contributed by atoms with Crippen LogP contribution in [0.15, 0.2) is 28.3 Å². The van der Waals surface area contributed by atoms with E-state index in [1.807, 2.05) is 32.0 Å². The second-order valence-corrected chi connectivity index (χ2v) is 3.24. The monoisotopic (exact) mass is 190 g/mol. The van der Waals surface area contributed by atoms with Gasteiger partial charge in [0, 0.05) is 0 Å². The van der Waals surface area contributed by atoms with Crippen molar-refractivity contribution < 1.29 is 5.21 Å².